The van der Waals surface area contributed by atoms with Gasteiger partial charge in [0.15, 0.2) is 0 Å². The Morgan fingerprint density at radius 3 is 2.29 bits per heavy atom. The number of primary amides is 1. The number of rotatable bonds is 4. The molecule has 0 heterocycles. The quantitative estimate of drug-likeness (QED) is 0.616. The number of urea groups is 1. The van der Waals surface area contributed by atoms with Gasteiger partial charge in [-0.1, -0.05) is 37.6 Å². The summed E-state index contributed by atoms with van der Waals surface area (Å²) in [5.74, 6) is -1.34. The van der Waals surface area contributed by atoms with Gasteiger partial charge in [-0.15, -0.1) is 0 Å². The molecule has 7 nitrogen and oxygen atoms in total. The molecule has 1 atom stereocenters. The van der Waals surface area contributed by atoms with Crippen LogP contribution in [0.1, 0.15) is 24.2 Å². The first-order valence-electron chi connectivity index (χ1n) is 6.23. The number of nitrogens with two attached hydrogens (primary N) is 1. The molecule has 4 amide bonds. The minimum absolute atomic E-state index is 0.199. The van der Waals surface area contributed by atoms with E-state index in [0.717, 1.165) is 0 Å². The van der Waals surface area contributed by atoms with Crippen LogP contribution >= 0.6 is 11.6 Å². The van der Waals surface area contributed by atoms with Crippen LogP contribution in [-0.2, 0) is 4.79 Å². The summed E-state index contributed by atoms with van der Waals surface area (Å²) < 4.78 is 0. The van der Waals surface area contributed by atoms with Gasteiger partial charge in [0, 0.05) is 0 Å². The van der Waals surface area contributed by atoms with Crippen LogP contribution in [0.2, 0.25) is 5.02 Å². The normalized spacial score (nSPS) is 11.6. The van der Waals surface area contributed by atoms with Crippen molar-refractivity contribution in [2.24, 2.45) is 11.7 Å². The van der Waals surface area contributed by atoms with Crippen LogP contribution in [0.3, 0.4) is 0 Å². The summed E-state index contributed by atoms with van der Waals surface area (Å²) in [5, 5.41) is 2.57. The molecule has 8 heteroatoms. The number of carbonyl (C=O) groups excluding carboxylic acids is 3. The van der Waals surface area contributed by atoms with Crippen LogP contribution < -0.4 is 21.9 Å². The SMILES string of the molecule is CC(C)[C@H](NC(N)=O)C(=O)NNC(=O)c1ccccc1Cl. The lowest BCUT2D eigenvalue weighted by Gasteiger charge is -2.20. The second kappa shape index (κ2) is 7.49. The molecule has 114 valence electrons. The molecule has 0 saturated heterocycles. The van der Waals surface area contributed by atoms with E-state index in [0.29, 0.717) is 0 Å². The van der Waals surface area contributed by atoms with Crippen LogP contribution in [0.4, 0.5) is 4.79 Å². The number of carbonyl (C=O) groups is 3. The Labute approximate surface area is 127 Å². The second-order valence-corrected chi connectivity index (χ2v) is 5.06. The van der Waals surface area contributed by atoms with Crippen molar-refractivity contribution in [2.75, 3.05) is 0 Å². The third-order valence-electron chi connectivity index (χ3n) is 2.66. The summed E-state index contributed by atoms with van der Waals surface area (Å²) in [5.41, 5.74) is 9.69. The lowest BCUT2D eigenvalue weighted by atomic mass is 10.0. The fraction of sp³-hybridized carbons (Fsp3) is 0.308. The van der Waals surface area contributed by atoms with E-state index in [2.05, 4.69) is 16.2 Å². The maximum atomic E-state index is 11.9. The van der Waals surface area contributed by atoms with Crippen LogP contribution in [-0.4, -0.2) is 23.9 Å². The highest BCUT2D eigenvalue weighted by Crippen LogP contribution is 2.14. The van der Waals surface area contributed by atoms with Gasteiger partial charge in [-0.2, -0.15) is 0 Å². The number of hydrogen-bond donors (Lipinski definition) is 4. The van der Waals surface area contributed by atoms with Crippen LogP contribution in [0, 0.1) is 5.92 Å². The van der Waals surface area contributed by atoms with E-state index in [1.54, 1.807) is 32.0 Å². The molecule has 0 aliphatic heterocycles. The second-order valence-electron chi connectivity index (χ2n) is 4.65. The molecule has 1 rings (SSSR count). The maximum Gasteiger partial charge on any atom is 0.312 e. The van der Waals surface area contributed by atoms with Crippen molar-refractivity contribution in [3.8, 4) is 0 Å². The fourth-order valence-corrected chi connectivity index (χ4v) is 1.82. The summed E-state index contributed by atoms with van der Waals surface area (Å²) in [6, 6.07) is 4.74. The first kappa shape index (κ1) is 16.8. The van der Waals surface area contributed by atoms with Gasteiger partial charge in [0.2, 0.25) is 0 Å². The van der Waals surface area contributed by atoms with E-state index in [1.165, 1.54) is 6.07 Å². The summed E-state index contributed by atoms with van der Waals surface area (Å²) in [6.07, 6.45) is 0. The Hall–Kier alpha value is -2.28. The monoisotopic (exact) mass is 312 g/mol. The number of hydrogen-bond acceptors (Lipinski definition) is 3. The molecule has 0 aliphatic rings. The van der Waals surface area contributed by atoms with E-state index in [-0.39, 0.29) is 16.5 Å². The zero-order valence-corrected chi connectivity index (χ0v) is 12.4. The van der Waals surface area contributed by atoms with Gasteiger partial charge >= 0.3 is 6.03 Å². The first-order chi connectivity index (χ1) is 9.82. The van der Waals surface area contributed by atoms with Crippen molar-refractivity contribution in [3.05, 3.63) is 34.9 Å². The molecule has 0 aliphatic carbocycles. The molecular weight excluding hydrogens is 296 g/mol. The van der Waals surface area contributed by atoms with Gasteiger partial charge in [0.1, 0.15) is 6.04 Å². The highest BCUT2D eigenvalue weighted by atomic mass is 35.5. The number of halogens is 1. The van der Waals surface area contributed by atoms with Crippen molar-refractivity contribution in [3.63, 3.8) is 0 Å². The zero-order chi connectivity index (χ0) is 16.0. The first-order valence-corrected chi connectivity index (χ1v) is 6.61. The minimum atomic E-state index is -0.853. The number of hydrazine groups is 1. The highest BCUT2D eigenvalue weighted by molar-refractivity contribution is 6.33. The smallest absolute Gasteiger partial charge is 0.312 e. The summed E-state index contributed by atoms with van der Waals surface area (Å²) >= 11 is 5.87. The molecule has 21 heavy (non-hydrogen) atoms. The molecule has 0 spiro atoms. The van der Waals surface area contributed by atoms with Gasteiger partial charge in [-0.3, -0.25) is 20.4 Å². The molecular formula is C13H17ClN4O3. The molecule has 5 N–H and O–H groups in total. The Balaban J connectivity index is 2.65. The third-order valence-corrected chi connectivity index (χ3v) is 2.99. The summed E-state index contributed by atoms with van der Waals surface area (Å²) in [7, 11) is 0. The minimum Gasteiger partial charge on any atom is -0.352 e. The molecule has 0 bridgehead atoms. The predicted octanol–water partition coefficient (Wildman–Crippen LogP) is 0.794. The lowest BCUT2D eigenvalue weighted by molar-refractivity contribution is -0.124. The van der Waals surface area contributed by atoms with E-state index >= 15 is 0 Å². The van der Waals surface area contributed by atoms with E-state index in [1.807, 2.05) is 0 Å². The average molecular weight is 313 g/mol. The fourth-order valence-electron chi connectivity index (χ4n) is 1.60. The Kier molecular flexibility index (Phi) is 5.98. The summed E-state index contributed by atoms with van der Waals surface area (Å²) in [4.78, 5) is 34.6. The molecule has 0 saturated carbocycles. The van der Waals surface area contributed by atoms with E-state index < -0.39 is 23.9 Å². The van der Waals surface area contributed by atoms with Gasteiger partial charge in [0.05, 0.1) is 10.6 Å². The lowest BCUT2D eigenvalue weighted by Crippen LogP contribution is -2.55. The molecule has 0 aromatic heterocycles. The number of nitrogens with one attached hydrogen (secondary N) is 3. The van der Waals surface area contributed by atoms with Crippen LogP contribution in [0.5, 0.6) is 0 Å². The Morgan fingerprint density at radius 2 is 1.76 bits per heavy atom. The molecule has 0 fully saturated rings. The van der Waals surface area contributed by atoms with Crippen LogP contribution in [0.15, 0.2) is 24.3 Å². The number of amides is 4. The molecule has 1 aromatic rings. The Bertz CT molecular complexity index is 548. The van der Waals surface area contributed by atoms with Gasteiger partial charge in [0.25, 0.3) is 11.8 Å². The van der Waals surface area contributed by atoms with Crippen molar-refractivity contribution >= 4 is 29.4 Å². The largest absolute Gasteiger partial charge is 0.352 e. The van der Waals surface area contributed by atoms with Gasteiger partial charge < -0.3 is 11.1 Å². The standard InChI is InChI=1S/C13H17ClN4O3/c1-7(2)10(16-13(15)21)12(20)18-17-11(19)8-5-3-4-6-9(8)14/h3-7,10H,1-2H3,(H,17,19)(H,18,20)(H3,15,16,21)/t10-/m0/s1. The topological polar surface area (TPSA) is 113 Å². The van der Waals surface area contributed by atoms with E-state index in [4.69, 9.17) is 17.3 Å². The third kappa shape index (κ3) is 4.96. The predicted molar refractivity (Wildman–Crippen MR) is 78.4 cm³/mol. The van der Waals surface area contributed by atoms with Crippen LogP contribution in [0.25, 0.3) is 0 Å². The zero-order valence-electron chi connectivity index (χ0n) is 11.6. The average Bonchev–Trinajstić information content (AvgIpc) is 2.41. The van der Waals surface area contributed by atoms with Gasteiger partial charge in [-0.25, -0.2) is 4.79 Å². The maximum absolute atomic E-state index is 11.9. The Morgan fingerprint density at radius 1 is 1.14 bits per heavy atom. The summed E-state index contributed by atoms with van der Waals surface area (Å²) in [6.45, 7) is 3.46. The number of benzene rings is 1. The van der Waals surface area contributed by atoms with Crippen molar-refractivity contribution in [1.29, 1.82) is 0 Å². The van der Waals surface area contributed by atoms with E-state index in [9.17, 15) is 14.4 Å². The van der Waals surface area contributed by atoms with Crippen molar-refractivity contribution < 1.29 is 14.4 Å². The molecule has 0 unspecified atom stereocenters. The van der Waals surface area contributed by atoms with Crippen molar-refractivity contribution in [2.45, 2.75) is 19.9 Å². The molecule has 1 aromatic carbocycles. The molecule has 0 radical (unpaired) electrons. The van der Waals surface area contributed by atoms with Gasteiger partial charge in [-0.05, 0) is 18.1 Å². The highest BCUT2D eigenvalue weighted by Gasteiger charge is 2.23. The van der Waals surface area contributed by atoms with Crippen molar-refractivity contribution in [1.82, 2.24) is 16.2 Å².